The van der Waals surface area contributed by atoms with Crippen molar-refractivity contribution in [3.63, 3.8) is 0 Å². The van der Waals surface area contributed by atoms with Crippen LogP contribution in [0.2, 0.25) is 0 Å². The minimum atomic E-state index is -3.36. The molecule has 0 bridgehead atoms. The summed E-state index contributed by atoms with van der Waals surface area (Å²) in [5.41, 5.74) is 0.904. The predicted molar refractivity (Wildman–Crippen MR) is 65.2 cm³/mol. The van der Waals surface area contributed by atoms with Crippen molar-refractivity contribution >= 4 is 21.4 Å². The van der Waals surface area contributed by atoms with Gasteiger partial charge in [-0.25, -0.2) is 23.1 Å². The molecular weight excluding hydrogens is 258 g/mol. The van der Waals surface area contributed by atoms with Crippen LogP contribution in [0.3, 0.4) is 0 Å². The van der Waals surface area contributed by atoms with E-state index in [1.807, 2.05) is 0 Å². The molecule has 5 nitrogen and oxygen atoms in total. The highest BCUT2D eigenvalue weighted by Crippen LogP contribution is 2.14. The summed E-state index contributed by atoms with van der Waals surface area (Å²) < 4.78 is 26.4. The Hall–Kier alpha value is -1.31. The molecule has 0 unspecified atom stereocenters. The number of hydrogen-bond acceptors (Lipinski definition) is 5. The smallest absolute Gasteiger partial charge is 0.245 e. The van der Waals surface area contributed by atoms with E-state index in [2.05, 4.69) is 14.7 Å². The average Bonchev–Trinajstić information content (AvgIpc) is 2.84. The molecule has 0 aromatic carbocycles. The molecule has 0 amide bonds. The summed E-state index contributed by atoms with van der Waals surface area (Å²) in [7, 11) is -3.36. The Morgan fingerprint density at radius 3 is 2.71 bits per heavy atom. The first-order valence-electron chi connectivity index (χ1n) is 4.95. The Kier molecular flexibility index (Phi) is 3.82. The van der Waals surface area contributed by atoms with Gasteiger partial charge in [-0.2, -0.15) is 0 Å². The van der Waals surface area contributed by atoms with Crippen LogP contribution in [0.5, 0.6) is 0 Å². The molecule has 0 aliphatic carbocycles. The third-order valence-electron chi connectivity index (χ3n) is 2.08. The standard InChI is InChI=1S/C10H11N3O2S2/c14-17(15,10-2-1-5-16-10)13-4-3-9-6-11-8-12-7-9/h1-2,5-8,13H,3-4H2. The molecule has 0 aliphatic heterocycles. The molecule has 0 saturated heterocycles. The summed E-state index contributed by atoms with van der Waals surface area (Å²) in [5.74, 6) is 0. The predicted octanol–water partition coefficient (Wildman–Crippen LogP) is 1.06. The summed E-state index contributed by atoms with van der Waals surface area (Å²) in [4.78, 5) is 7.73. The van der Waals surface area contributed by atoms with Gasteiger partial charge in [0.15, 0.2) is 0 Å². The summed E-state index contributed by atoms with van der Waals surface area (Å²) in [6.45, 7) is 0.341. The van der Waals surface area contributed by atoms with E-state index in [-0.39, 0.29) is 0 Å². The van der Waals surface area contributed by atoms with Crippen LogP contribution in [0.25, 0.3) is 0 Å². The molecule has 1 N–H and O–H groups in total. The summed E-state index contributed by atoms with van der Waals surface area (Å²) >= 11 is 1.20. The van der Waals surface area contributed by atoms with Crippen molar-refractivity contribution in [2.24, 2.45) is 0 Å². The van der Waals surface area contributed by atoms with Crippen molar-refractivity contribution in [2.75, 3.05) is 6.54 Å². The number of nitrogens with zero attached hydrogens (tertiary/aromatic N) is 2. The van der Waals surface area contributed by atoms with Crippen molar-refractivity contribution in [2.45, 2.75) is 10.6 Å². The lowest BCUT2D eigenvalue weighted by Gasteiger charge is -2.04. The van der Waals surface area contributed by atoms with Gasteiger partial charge in [0, 0.05) is 18.9 Å². The van der Waals surface area contributed by atoms with Gasteiger partial charge in [0.2, 0.25) is 10.0 Å². The fourth-order valence-corrected chi connectivity index (χ4v) is 3.35. The number of thiophene rings is 1. The van der Waals surface area contributed by atoms with Gasteiger partial charge in [-0.05, 0) is 23.4 Å². The molecular formula is C10H11N3O2S2. The summed E-state index contributed by atoms with van der Waals surface area (Å²) in [5, 5.41) is 1.74. The van der Waals surface area contributed by atoms with Crippen LogP contribution >= 0.6 is 11.3 Å². The van der Waals surface area contributed by atoms with Crippen LogP contribution in [0.15, 0.2) is 40.4 Å². The number of aromatic nitrogens is 2. The minimum Gasteiger partial charge on any atom is -0.245 e. The molecule has 2 rings (SSSR count). The highest BCUT2D eigenvalue weighted by Gasteiger charge is 2.13. The molecule has 0 atom stereocenters. The molecule has 0 aliphatic rings. The van der Waals surface area contributed by atoms with Gasteiger partial charge < -0.3 is 0 Å². The third kappa shape index (κ3) is 3.32. The first kappa shape index (κ1) is 12.2. The third-order valence-corrected chi connectivity index (χ3v) is 4.94. The van der Waals surface area contributed by atoms with E-state index in [0.717, 1.165) is 5.56 Å². The summed E-state index contributed by atoms with van der Waals surface area (Å²) in [6, 6.07) is 3.29. The van der Waals surface area contributed by atoms with E-state index >= 15 is 0 Å². The second-order valence-electron chi connectivity index (χ2n) is 3.33. The molecule has 0 radical (unpaired) electrons. The van der Waals surface area contributed by atoms with Crippen molar-refractivity contribution in [3.05, 3.63) is 41.8 Å². The van der Waals surface area contributed by atoms with E-state index in [1.165, 1.54) is 17.7 Å². The maximum atomic E-state index is 11.8. The van der Waals surface area contributed by atoms with E-state index < -0.39 is 10.0 Å². The van der Waals surface area contributed by atoms with Crippen LogP contribution in [0.4, 0.5) is 0 Å². The Morgan fingerprint density at radius 1 is 1.29 bits per heavy atom. The monoisotopic (exact) mass is 269 g/mol. The minimum absolute atomic E-state index is 0.335. The molecule has 0 spiro atoms. The first-order chi connectivity index (χ1) is 8.18. The number of rotatable bonds is 5. The molecule has 0 fully saturated rings. The van der Waals surface area contributed by atoms with E-state index in [4.69, 9.17) is 0 Å². The van der Waals surface area contributed by atoms with Gasteiger partial charge in [0.25, 0.3) is 0 Å². The lowest BCUT2D eigenvalue weighted by molar-refractivity contribution is 0.583. The van der Waals surface area contributed by atoms with Crippen LogP contribution in [0, 0.1) is 0 Å². The maximum absolute atomic E-state index is 11.8. The normalized spacial score (nSPS) is 11.5. The van der Waals surface area contributed by atoms with Crippen molar-refractivity contribution in [3.8, 4) is 0 Å². The average molecular weight is 269 g/mol. The lowest BCUT2D eigenvalue weighted by atomic mass is 10.2. The topological polar surface area (TPSA) is 72.0 Å². The first-order valence-corrected chi connectivity index (χ1v) is 7.32. The molecule has 2 aromatic heterocycles. The van der Waals surface area contributed by atoms with Gasteiger partial charge >= 0.3 is 0 Å². The van der Waals surface area contributed by atoms with Crippen LogP contribution in [-0.4, -0.2) is 24.9 Å². The van der Waals surface area contributed by atoms with Gasteiger partial charge in [-0.1, -0.05) is 6.07 Å². The zero-order valence-electron chi connectivity index (χ0n) is 8.91. The Bertz CT molecular complexity index is 553. The summed E-state index contributed by atoms with van der Waals surface area (Å²) in [6.07, 6.45) is 5.36. The Balaban J connectivity index is 1.91. The van der Waals surface area contributed by atoms with Crippen molar-refractivity contribution in [1.82, 2.24) is 14.7 Å². The SMILES string of the molecule is O=S(=O)(NCCc1cncnc1)c1cccs1. The van der Waals surface area contributed by atoms with Gasteiger partial charge in [-0.15, -0.1) is 11.3 Å². The highest BCUT2D eigenvalue weighted by molar-refractivity contribution is 7.91. The van der Waals surface area contributed by atoms with Gasteiger partial charge in [-0.3, -0.25) is 0 Å². The maximum Gasteiger partial charge on any atom is 0.250 e. The highest BCUT2D eigenvalue weighted by atomic mass is 32.2. The molecule has 90 valence electrons. The van der Waals surface area contributed by atoms with Crippen LogP contribution < -0.4 is 4.72 Å². The number of sulfonamides is 1. The van der Waals surface area contributed by atoms with Gasteiger partial charge in [0.05, 0.1) is 0 Å². The fourth-order valence-electron chi connectivity index (χ4n) is 1.28. The second kappa shape index (κ2) is 5.35. The Labute approximate surface area is 104 Å². The van der Waals surface area contributed by atoms with E-state index in [0.29, 0.717) is 17.2 Å². The molecule has 0 saturated carbocycles. The zero-order chi connectivity index (χ0) is 12.1. The van der Waals surface area contributed by atoms with Gasteiger partial charge in [0.1, 0.15) is 10.5 Å². The second-order valence-corrected chi connectivity index (χ2v) is 6.27. The van der Waals surface area contributed by atoms with E-state index in [1.54, 1.807) is 29.9 Å². The number of hydrogen-bond donors (Lipinski definition) is 1. The Morgan fingerprint density at radius 2 is 2.06 bits per heavy atom. The van der Waals surface area contributed by atoms with Crippen molar-refractivity contribution in [1.29, 1.82) is 0 Å². The van der Waals surface area contributed by atoms with Crippen molar-refractivity contribution < 1.29 is 8.42 Å². The molecule has 2 aromatic rings. The molecule has 7 heteroatoms. The van der Waals surface area contributed by atoms with E-state index in [9.17, 15) is 8.42 Å². The molecule has 2 heterocycles. The molecule has 17 heavy (non-hydrogen) atoms. The largest absolute Gasteiger partial charge is 0.250 e. The fraction of sp³-hybridized carbons (Fsp3) is 0.200. The van der Waals surface area contributed by atoms with Crippen LogP contribution in [-0.2, 0) is 16.4 Å². The quantitative estimate of drug-likeness (QED) is 0.881. The zero-order valence-corrected chi connectivity index (χ0v) is 10.5. The lowest BCUT2D eigenvalue weighted by Crippen LogP contribution is -2.25. The van der Waals surface area contributed by atoms with Crippen LogP contribution in [0.1, 0.15) is 5.56 Å². The number of nitrogens with one attached hydrogen (secondary N) is 1.